The highest BCUT2D eigenvalue weighted by Gasteiger charge is 2.42. The Morgan fingerprint density at radius 3 is 2.12 bits per heavy atom. The fraction of sp³-hybridized carbons (Fsp3) is 0.167. The van der Waals surface area contributed by atoms with Crippen LogP contribution in [0.4, 0.5) is 19.3 Å². The van der Waals surface area contributed by atoms with Crippen molar-refractivity contribution < 1.29 is 27.9 Å². The summed E-state index contributed by atoms with van der Waals surface area (Å²) < 4.78 is 31.3. The maximum Gasteiger partial charge on any atom is 0.338 e. The van der Waals surface area contributed by atoms with E-state index >= 15 is 0 Å². The molecule has 0 saturated carbocycles. The van der Waals surface area contributed by atoms with Crippen LogP contribution < -0.4 is 9.64 Å². The van der Waals surface area contributed by atoms with Gasteiger partial charge in [-0.25, -0.2) is 18.5 Å². The summed E-state index contributed by atoms with van der Waals surface area (Å²) in [5, 5.41) is 0. The van der Waals surface area contributed by atoms with E-state index in [1.54, 1.807) is 0 Å². The molecule has 1 atom stereocenters. The molecule has 1 aliphatic heterocycles. The van der Waals surface area contributed by atoms with Gasteiger partial charge < -0.3 is 4.74 Å². The predicted molar refractivity (Wildman–Crippen MR) is 87.5 cm³/mol. The molecule has 0 aliphatic carbocycles. The number of carbonyl (C=O) groups is 3. The highest BCUT2D eigenvalue weighted by molar-refractivity contribution is 6.24. The van der Waals surface area contributed by atoms with Gasteiger partial charge in [0.1, 0.15) is 23.9 Å². The van der Waals surface area contributed by atoms with E-state index in [2.05, 4.69) is 0 Å². The van der Waals surface area contributed by atoms with Crippen LogP contribution >= 0.6 is 0 Å². The number of urea groups is 1. The number of imide groups is 2. The third-order valence-electron chi connectivity index (χ3n) is 3.79. The summed E-state index contributed by atoms with van der Waals surface area (Å²) in [6.07, 6.45) is -1.06. The van der Waals surface area contributed by atoms with E-state index in [9.17, 15) is 23.2 Å². The summed E-state index contributed by atoms with van der Waals surface area (Å²) >= 11 is 0. The van der Waals surface area contributed by atoms with E-state index in [1.165, 1.54) is 43.3 Å². The van der Waals surface area contributed by atoms with Gasteiger partial charge >= 0.3 is 6.03 Å². The Balaban J connectivity index is 1.73. The standard InChI is InChI=1S/C18H14F2N2O4/c1-11(26-15-8-4-13(20)5-9-15)17(24)21-10-16(23)22(18(21)25)14-6-2-12(19)3-7-14/h2-9,11H,10H2,1H3. The molecule has 0 N–H and O–H groups in total. The van der Waals surface area contributed by atoms with Crippen molar-refractivity contribution in [3.05, 3.63) is 60.2 Å². The summed E-state index contributed by atoms with van der Waals surface area (Å²) in [4.78, 5) is 38.6. The van der Waals surface area contributed by atoms with Crippen molar-refractivity contribution >= 4 is 23.5 Å². The van der Waals surface area contributed by atoms with Crippen LogP contribution in [-0.4, -0.2) is 35.4 Å². The molecule has 4 amide bonds. The van der Waals surface area contributed by atoms with Crippen molar-refractivity contribution in [1.29, 1.82) is 0 Å². The van der Waals surface area contributed by atoms with Gasteiger partial charge in [-0.2, -0.15) is 0 Å². The van der Waals surface area contributed by atoms with Crippen LogP contribution in [0.2, 0.25) is 0 Å². The molecule has 26 heavy (non-hydrogen) atoms. The molecule has 0 radical (unpaired) electrons. The summed E-state index contributed by atoms with van der Waals surface area (Å²) in [5.41, 5.74) is 0.170. The Bertz CT molecular complexity index is 852. The number of ether oxygens (including phenoxy) is 1. The number of halogens is 2. The first-order chi connectivity index (χ1) is 12.4. The van der Waals surface area contributed by atoms with E-state index in [4.69, 9.17) is 4.74 Å². The minimum absolute atomic E-state index is 0.170. The van der Waals surface area contributed by atoms with Gasteiger partial charge in [0.15, 0.2) is 6.10 Å². The Hall–Kier alpha value is -3.29. The lowest BCUT2D eigenvalue weighted by Crippen LogP contribution is -2.43. The molecule has 134 valence electrons. The molecular formula is C18H14F2N2O4. The molecule has 0 aromatic heterocycles. The summed E-state index contributed by atoms with van der Waals surface area (Å²) in [6.45, 7) is 0.982. The molecule has 1 saturated heterocycles. The highest BCUT2D eigenvalue weighted by atomic mass is 19.1. The Morgan fingerprint density at radius 2 is 1.54 bits per heavy atom. The van der Waals surface area contributed by atoms with Gasteiger partial charge in [0, 0.05) is 0 Å². The quantitative estimate of drug-likeness (QED) is 0.787. The molecule has 0 spiro atoms. The Kier molecular flexibility index (Phi) is 4.66. The molecular weight excluding hydrogens is 346 g/mol. The van der Waals surface area contributed by atoms with Crippen LogP contribution in [0, 0.1) is 11.6 Å². The monoisotopic (exact) mass is 360 g/mol. The number of rotatable bonds is 4. The van der Waals surface area contributed by atoms with Crippen molar-refractivity contribution in [2.75, 3.05) is 11.4 Å². The fourth-order valence-corrected chi connectivity index (χ4v) is 2.50. The highest BCUT2D eigenvalue weighted by Crippen LogP contribution is 2.23. The van der Waals surface area contributed by atoms with Gasteiger partial charge in [-0.1, -0.05) is 0 Å². The number of nitrogens with zero attached hydrogens (tertiary/aromatic N) is 2. The molecule has 1 unspecified atom stereocenters. The van der Waals surface area contributed by atoms with Gasteiger partial charge in [-0.15, -0.1) is 0 Å². The van der Waals surface area contributed by atoms with E-state index in [1.807, 2.05) is 0 Å². The predicted octanol–water partition coefficient (Wildman–Crippen LogP) is 2.73. The van der Waals surface area contributed by atoms with Crippen molar-refractivity contribution in [3.8, 4) is 5.75 Å². The topological polar surface area (TPSA) is 66.9 Å². The van der Waals surface area contributed by atoms with Crippen molar-refractivity contribution in [1.82, 2.24) is 4.90 Å². The van der Waals surface area contributed by atoms with E-state index in [0.717, 1.165) is 21.9 Å². The van der Waals surface area contributed by atoms with Gasteiger partial charge in [0.05, 0.1) is 5.69 Å². The van der Waals surface area contributed by atoms with Crippen molar-refractivity contribution in [2.24, 2.45) is 0 Å². The van der Waals surface area contributed by atoms with Gasteiger partial charge in [0.2, 0.25) is 0 Å². The van der Waals surface area contributed by atoms with Crippen molar-refractivity contribution in [3.63, 3.8) is 0 Å². The van der Waals surface area contributed by atoms with Gasteiger partial charge in [-0.3, -0.25) is 14.5 Å². The molecule has 3 rings (SSSR count). The first-order valence-electron chi connectivity index (χ1n) is 7.73. The fourth-order valence-electron chi connectivity index (χ4n) is 2.50. The third-order valence-corrected chi connectivity index (χ3v) is 3.79. The SMILES string of the molecule is CC(Oc1ccc(F)cc1)C(=O)N1CC(=O)N(c2ccc(F)cc2)C1=O. The summed E-state index contributed by atoms with van der Waals surface area (Å²) in [7, 11) is 0. The first kappa shape index (κ1) is 17.5. The molecule has 0 bridgehead atoms. The molecule has 8 heteroatoms. The Morgan fingerprint density at radius 1 is 1.00 bits per heavy atom. The molecule has 6 nitrogen and oxygen atoms in total. The first-order valence-corrected chi connectivity index (χ1v) is 7.73. The number of hydrogen-bond donors (Lipinski definition) is 0. The van der Waals surface area contributed by atoms with E-state index in [-0.39, 0.29) is 11.4 Å². The lowest BCUT2D eigenvalue weighted by atomic mass is 10.3. The lowest BCUT2D eigenvalue weighted by molar-refractivity contribution is -0.135. The number of carbonyl (C=O) groups excluding carboxylic acids is 3. The molecule has 2 aromatic rings. The minimum Gasteiger partial charge on any atom is -0.481 e. The second kappa shape index (κ2) is 6.91. The van der Waals surface area contributed by atoms with Crippen LogP contribution in [0.5, 0.6) is 5.75 Å². The largest absolute Gasteiger partial charge is 0.481 e. The number of anilines is 1. The molecule has 2 aromatic carbocycles. The molecule has 1 aliphatic rings. The Labute approximate surface area is 147 Å². The smallest absolute Gasteiger partial charge is 0.338 e. The molecule has 1 fully saturated rings. The van der Waals surface area contributed by atoms with E-state index < -0.39 is 42.1 Å². The average Bonchev–Trinajstić information content (AvgIpc) is 2.91. The summed E-state index contributed by atoms with van der Waals surface area (Å²) in [6, 6.07) is 8.99. The second-order valence-corrected chi connectivity index (χ2v) is 5.63. The van der Waals surface area contributed by atoms with Gasteiger partial charge in [-0.05, 0) is 55.5 Å². The zero-order valence-corrected chi connectivity index (χ0v) is 13.7. The zero-order valence-electron chi connectivity index (χ0n) is 13.7. The van der Waals surface area contributed by atoms with Crippen LogP contribution in [-0.2, 0) is 9.59 Å². The normalized spacial score (nSPS) is 15.3. The summed E-state index contributed by atoms with van der Waals surface area (Å²) in [5.74, 6) is -2.03. The van der Waals surface area contributed by atoms with Crippen LogP contribution in [0.25, 0.3) is 0 Å². The number of benzene rings is 2. The van der Waals surface area contributed by atoms with Crippen LogP contribution in [0.15, 0.2) is 48.5 Å². The third kappa shape index (κ3) is 3.39. The van der Waals surface area contributed by atoms with E-state index in [0.29, 0.717) is 0 Å². The van der Waals surface area contributed by atoms with Gasteiger partial charge in [0.25, 0.3) is 11.8 Å². The zero-order chi connectivity index (χ0) is 18.8. The molecule has 1 heterocycles. The second-order valence-electron chi connectivity index (χ2n) is 5.63. The maximum atomic E-state index is 13.0. The maximum absolute atomic E-state index is 13.0. The lowest BCUT2D eigenvalue weighted by Gasteiger charge is -2.20. The van der Waals surface area contributed by atoms with Crippen molar-refractivity contribution in [2.45, 2.75) is 13.0 Å². The average molecular weight is 360 g/mol. The number of hydrogen-bond acceptors (Lipinski definition) is 4. The minimum atomic E-state index is -1.06. The van der Waals surface area contributed by atoms with Crippen LogP contribution in [0.3, 0.4) is 0 Å². The van der Waals surface area contributed by atoms with Crippen LogP contribution in [0.1, 0.15) is 6.92 Å². The number of amides is 4.